The van der Waals surface area contributed by atoms with Crippen molar-refractivity contribution in [1.82, 2.24) is 10.6 Å². The maximum absolute atomic E-state index is 11.6. The van der Waals surface area contributed by atoms with Crippen LogP contribution >= 0.6 is 0 Å². The normalized spacial score (nSPS) is 9.81. The summed E-state index contributed by atoms with van der Waals surface area (Å²) >= 11 is 0. The van der Waals surface area contributed by atoms with Gasteiger partial charge in [-0.3, -0.25) is 4.79 Å². The van der Waals surface area contributed by atoms with Gasteiger partial charge in [-0.25, -0.2) is 4.79 Å². The summed E-state index contributed by atoms with van der Waals surface area (Å²) in [4.78, 5) is 22.9. The van der Waals surface area contributed by atoms with Crippen molar-refractivity contribution in [2.75, 3.05) is 25.0 Å². The van der Waals surface area contributed by atoms with Crippen LogP contribution in [0.25, 0.3) is 0 Å². The van der Waals surface area contributed by atoms with Gasteiger partial charge >= 0.3 is 6.03 Å². The Morgan fingerprint density at radius 3 is 2.71 bits per heavy atom. The molecule has 6 nitrogen and oxygen atoms in total. The summed E-state index contributed by atoms with van der Waals surface area (Å²) in [5.74, 6) is 0.362. The molecule has 116 valence electrons. The minimum Gasteiger partial charge on any atom is -0.484 e. The smallest absolute Gasteiger partial charge is 0.319 e. The molecule has 0 atom stereocenters. The predicted octanol–water partition coefficient (Wildman–Crippen LogP) is 2.12. The Kier molecular flexibility index (Phi) is 7.71. The van der Waals surface area contributed by atoms with E-state index in [2.05, 4.69) is 22.9 Å². The minimum absolute atomic E-state index is 0.0417. The van der Waals surface area contributed by atoms with E-state index in [-0.39, 0.29) is 18.5 Å². The third-order valence-corrected chi connectivity index (χ3v) is 2.65. The van der Waals surface area contributed by atoms with Crippen molar-refractivity contribution < 1.29 is 14.3 Å². The summed E-state index contributed by atoms with van der Waals surface area (Å²) in [5, 5.41) is 8.13. The van der Waals surface area contributed by atoms with E-state index in [9.17, 15) is 9.59 Å². The average molecular weight is 293 g/mol. The van der Waals surface area contributed by atoms with Gasteiger partial charge in [-0.1, -0.05) is 19.4 Å². The second-order valence-corrected chi connectivity index (χ2v) is 4.50. The van der Waals surface area contributed by atoms with E-state index in [0.717, 1.165) is 12.8 Å². The quantitative estimate of drug-likeness (QED) is 0.642. The summed E-state index contributed by atoms with van der Waals surface area (Å²) in [7, 11) is 0. The molecule has 0 aromatic heterocycles. The highest BCUT2D eigenvalue weighted by Crippen LogP contribution is 2.17. The van der Waals surface area contributed by atoms with Gasteiger partial charge in [0, 0.05) is 24.8 Å². The molecule has 1 aromatic rings. The zero-order valence-corrected chi connectivity index (χ0v) is 12.6. The Hall–Kier alpha value is -2.24. The van der Waals surface area contributed by atoms with Gasteiger partial charge in [-0.05, 0) is 25.5 Å². The highest BCUT2D eigenvalue weighted by atomic mass is 16.5. The molecule has 1 aromatic carbocycles. The van der Waals surface area contributed by atoms with Crippen LogP contribution in [0.3, 0.4) is 0 Å². The van der Waals surface area contributed by atoms with E-state index >= 15 is 0 Å². The lowest BCUT2D eigenvalue weighted by atomic mass is 10.3. The molecule has 0 aliphatic carbocycles. The van der Waals surface area contributed by atoms with Crippen molar-refractivity contribution in [2.45, 2.75) is 26.7 Å². The van der Waals surface area contributed by atoms with Gasteiger partial charge in [-0.2, -0.15) is 0 Å². The van der Waals surface area contributed by atoms with Gasteiger partial charge < -0.3 is 20.7 Å². The summed E-state index contributed by atoms with van der Waals surface area (Å²) in [6.07, 6.45) is 1.98. The number of unbranched alkanes of at least 4 members (excludes halogenated alkanes) is 1. The van der Waals surface area contributed by atoms with Crippen molar-refractivity contribution in [2.24, 2.45) is 0 Å². The van der Waals surface area contributed by atoms with E-state index in [0.29, 0.717) is 24.5 Å². The van der Waals surface area contributed by atoms with Crippen LogP contribution in [0.15, 0.2) is 24.3 Å². The molecule has 0 spiro atoms. The zero-order valence-electron chi connectivity index (χ0n) is 12.6. The van der Waals surface area contributed by atoms with Crippen LogP contribution < -0.4 is 20.7 Å². The molecule has 0 unspecified atom stereocenters. The molecular formula is C15H23N3O3. The number of benzene rings is 1. The first-order valence-electron chi connectivity index (χ1n) is 7.20. The fourth-order valence-corrected chi connectivity index (χ4v) is 1.61. The number of amides is 3. The van der Waals surface area contributed by atoms with Gasteiger partial charge in [0.25, 0.3) is 5.91 Å². The third kappa shape index (κ3) is 7.20. The van der Waals surface area contributed by atoms with E-state index in [1.54, 1.807) is 24.3 Å². The molecule has 0 radical (unpaired) electrons. The zero-order chi connectivity index (χ0) is 15.5. The maximum Gasteiger partial charge on any atom is 0.319 e. The Bertz CT molecular complexity index is 463. The summed E-state index contributed by atoms with van der Waals surface area (Å²) in [6.45, 7) is 5.09. The van der Waals surface area contributed by atoms with Gasteiger partial charge in [0.15, 0.2) is 6.61 Å². The lowest BCUT2D eigenvalue weighted by molar-refractivity contribution is -0.122. The molecule has 0 aliphatic rings. The first kappa shape index (κ1) is 16.8. The van der Waals surface area contributed by atoms with Crippen LogP contribution in [0.1, 0.15) is 26.7 Å². The molecule has 0 saturated carbocycles. The van der Waals surface area contributed by atoms with Crippen LogP contribution in [-0.4, -0.2) is 31.6 Å². The first-order valence-corrected chi connectivity index (χ1v) is 7.20. The van der Waals surface area contributed by atoms with Gasteiger partial charge in [0.2, 0.25) is 0 Å². The number of nitrogens with one attached hydrogen (secondary N) is 3. The van der Waals surface area contributed by atoms with Crippen molar-refractivity contribution in [3.8, 4) is 5.75 Å². The second-order valence-electron chi connectivity index (χ2n) is 4.50. The van der Waals surface area contributed by atoms with E-state index in [1.165, 1.54) is 0 Å². The van der Waals surface area contributed by atoms with Crippen LogP contribution in [0.4, 0.5) is 10.5 Å². The molecular weight excluding hydrogens is 270 g/mol. The van der Waals surface area contributed by atoms with Crippen molar-refractivity contribution in [1.29, 1.82) is 0 Å². The molecule has 21 heavy (non-hydrogen) atoms. The van der Waals surface area contributed by atoms with Gasteiger partial charge in [0.05, 0.1) is 0 Å². The Morgan fingerprint density at radius 1 is 1.19 bits per heavy atom. The third-order valence-electron chi connectivity index (χ3n) is 2.65. The summed E-state index contributed by atoms with van der Waals surface area (Å²) in [5.41, 5.74) is 0.623. The van der Waals surface area contributed by atoms with Gasteiger partial charge in [-0.15, -0.1) is 0 Å². The van der Waals surface area contributed by atoms with Crippen LogP contribution in [0, 0.1) is 0 Å². The minimum atomic E-state index is -0.246. The molecule has 6 heteroatoms. The van der Waals surface area contributed by atoms with Crippen LogP contribution in [0.2, 0.25) is 0 Å². The number of carbonyl (C=O) groups excluding carboxylic acids is 2. The fourth-order valence-electron chi connectivity index (χ4n) is 1.61. The lowest BCUT2D eigenvalue weighted by Crippen LogP contribution is -2.29. The number of anilines is 1. The van der Waals surface area contributed by atoms with Crippen LogP contribution in [-0.2, 0) is 4.79 Å². The number of carbonyl (C=O) groups is 2. The molecule has 0 fully saturated rings. The van der Waals surface area contributed by atoms with Crippen LogP contribution in [0.5, 0.6) is 5.75 Å². The number of ether oxygens (including phenoxy) is 1. The number of hydrogen-bond donors (Lipinski definition) is 3. The monoisotopic (exact) mass is 293 g/mol. The second kappa shape index (κ2) is 9.63. The molecule has 0 heterocycles. The largest absolute Gasteiger partial charge is 0.484 e. The number of hydrogen-bond acceptors (Lipinski definition) is 3. The number of likely N-dealkylation sites (N-methyl/N-ethyl adjacent to an activating group) is 1. The molecule has 0 saturated heterocycles. The molecule has 0 aliphatic heterocycles. The van der Waals surface area contributed by atoms with E-state index < -0.39 is 0 Å². The van der Waals surface area contributed by atoms with Crippen molar-refractivity contribution in [3.63, 3.8) is 0 Å². The molecule has 1 rings (SSSR count). The highest BCUT2D eigenvalue weighted by molar-refractivity contribution is 5.89. The predicted molar refractivity (Wildman–Crippen MR) is 82.6 cm³/mol. The maximum atomic E-state index is 11.6. The van der Waals surface area contributed by atoms with Gasteiger partial charge in [0.1, 0.15) is 5.75 Å². The molecule has 0 bridgehead atoms. The standard InChI is InChI=1S/C15H23N3O3/c1-3-5-9-17-15(20)18-12-7-6-8-13(10-12)21-11-14(19)16-4-2/h6-8,10H,3-5,9,11H2,1-2H3,(H,16,19)(H2,17,18,20). The molecule has 3 amide bonds. The highest BCUT2D eigenvalue weighted by Gasteiger charge is 2.04. The Labute approximate surface area is 125 Å². The Balaban J connectivity index is 2.44. The topological polar surface area (TPSA) is 79.5 Å². The number of rotatable bonds is 8. The SMILES string of the molecule is CCCCNC(=O)Nc1cccc(OCC(=O)NCC)c1. The number of urea groups is 1. The lowest BCUT2D eigenvalue weighted by Gasteiger charge is -2.10. The summed E-state index contributed by atoms with van der Waals surface area (Å²) in [6, 6.07) is 6.69. The van der Waals surface area contributed by atoms with E-state index in [4.69, 9.17) is 4.74 Å². The fraction of sp³-hybridized carbons (Fsp3) is 0.467. The molecule has 3 N–H and O–H groups in total. The van der Waals surface area contributed by atoms with Crippen molar-refractivity contribution in [3.05, 3.63) is 24.3 Å². The average Bonchev–Trinajstić information content (AvgIpc) is 2.46. The Morgan fingerprint density at radius 2 is 2.00 bits per heavy atom. The first-order chi connectivity index (χ1) is 10.2. The van der Waals surface area contributed by atoms with E-state index in [1.807, 2.05) is 6.92 Å². The van der Waals surface area contributed by atoms with Crippen molar-refractivity contribution >= 4 is 17.6 Å². The summed E-state index contributed by atoms with van der Waals surface area (Å²) < 4.78 is 5.36.